The van der Waals surface area contributed by atoms with Gasteiger partial charge in [0.05, 0.1) is 18.4 Å². The van der Waals surface area contributed by atoms with Crippen LogP contribution in [0.5, 0.6) is 11.5 Å². The van der Waals surface area contributed by atoms with Gasteiger partial charge in [-0.05, 0) is 74.7 Å². The lowest BCUT2D eigenvalue weighted by atomic mass is 10.1. The summed E-state index contributed by atoms with van der Waals surface area (Å²) in [5.74, 6) is -1.67. The number of carbonyl (C=O) groups excluding carboxylic acids is 3. The number of carbonyl (C=O) groups is 3. The molecular formula is C27H27N3O5. The van der Waals surface area contributed by atoms with Crippen molar-refractivity contribution < 1.29 is 23.9 Å². The number of nitrogens with one attached hydrogen (secondary N) is 2. The van der Waals surface area contributed by atoms with Crippen LogP contribution in [-0.4, -0.2) is 30.6 Å². The van der Waals surface area contributed by atoms with Gasteiger partial charge in [-0.3, -0.25) is 9.59 Å². The molecule has 0 aromatic heterocycles. The quantitative estimate of drug-likeness (QED) is 0.182. The highest BCUT2D eigenvalue weighted by atomic mass is 16.6. The van der Waals surface area contributed by atoms with Gasteiger partial charge >= 0.3 is 17.8 Å². The standard InChI is InChI=1S/C27H27N3O5/c1-16-10-11-18(3)22(14-16)28-25(31)26(32)30-29-19(4)20-12-13-23(24(15-20)34-5)35-27(33)21-9-7-6-8-17(21)2/h6-15H,1-5H3,(H,28,31)(H,30,32). The Morgan fingerprint density at radius 2 is 1.57 bits per heavy atom. The molecule has 0 fully saturated rings. The molecule has 0 atom stereocenters. The van der Waals surface area contributed by atoms with Gasteiger partial charge in [0.15, 0.2) is 11.5 Å². The van der Waals surface area contributed by atoms with Crippen molar-refractivity contribution in [1.82, 2.24) is 5.43 Å². The lowest BCUT2D eigenvalue weighted by Crippen LogP contribution is -2.33. The van der Waals surface area contributed by atoms with Crippen LogP contribution in [0.2, 0.25) is 0 Å². The minimum atomic E-state index is -0.902. The van der Waals surface area contributed by atoms with Gasteiger partial charge in [0.1, 0.15) is 0 Å². The maximum Gasteiger partial charge on any atom is 0.343 e. The first-order valence-corrected chi connectivity index (χ1v) is 10.9. The molecule has 0 aliphatic heterocycles. The van der Waals surface area contributed by atoms with Crippen LogP contribution in [0.15, 0.2) is 65.8 Å². The van der Waals surface area contributed by atoms with E-state index in [0.29, 0.717) is 28.3 Å². The summed E-state index contributed by atoms with van der Waals surface area (Å²) in [5.41, 5.74) is 6.90. The Kier molecular flexibility index (Phi) is 7.99. The fourth-order valence-corrected chi connectivity index (χ4v) is 3.23. The SMILES string of the molecule is COc1cc(C(C)=NNC(=O)C(=O)Nc2cc(C)ccc2C)ccc1OC(=O)c1ccccc1C. The largest absolute Gasteiger partial charge is 0.493 e. The molecule has 0 spiro atoms. The van der Waals surface area contributed by atoms with Gasteiger partial charge in [0, 0.05) is 11.3 Å². The van der Waals surface area contributed by atoms with Gasteiger partial charge in [0.2, 0.25) is 0 Å². The molecule has 35 heavy (non-hydrogen) atoms. The minimum absolute atomic E-state index is 0.245. The number of amides is 2. The van der Waals surface area contributed by atoms with Crippen LogP contribution < -0.4 is 20.2 Å². The van der Waals surface area contributed by atoms with Crippen molar-refractivity contribution in [3.05, 3.63) is 88.5 Å². The molecule has 3 aromatic rings. The molecule has 3 aromatic carbocycles. The van der Waals surface area contributed by atoms with Crippen LogP contribution in [0, 0.1) is 20.8 Å². The molecule has 0 radical (unpaired) electrons. The number of ether oxygens (including phenoxy) is 2. The fraction of sp³-hybridized carbons (Fsp3) is 0.185. The first kappa shape index (κ1) is 25.2. The average Bonchev–Trinajstić information content (AvgIpc) is 2.84. The summed E-state index contributed by atoms with van der Waals surface area (Å²) in [6.07, 6.45) is 0. The van der Waals surface area contributed by atoms with Crippen molar-refractivity contribution in [3.8, 4) is 11.5 Å². The summed E-state index contributed by atoms with van der Waals surface area (Å²) < 4.78 is 10.9. The number of nitrogens with zero attached hydrogens (tertiary/aromatic N) is 1. The number of hydrogen-bond donors (Lipinski definition) is 2. The maximum atomic E-state index is 12.5. The van der Waals surface area contributed by atoms with E-state index < -0.39 is 17.8 Å². The van der Waals surface area contributed by atoms with Gasteiger partial charge in [-0.15, -0.1) is 0 Å². The van der Waals surface area contributed by atoms with Crippen LogP contribution in [-0.2, 0) is 9.59 Å². The Bertz CT molecular complexity index is 1310. The van der Waals surface area contributed by atoms with Crippen molar-refractivity contribution >= 4 is 29.2 Å². The predicted molar refractivity (Wildman–Crippen MR) is 134 cm³/mol. The molecule has 0 heterocycles. The van der Waals surface area contributed by atoms with E-state index >= 15 is 0 Å². The highest BCUT2D eigenvalue weighted by molar-refractivity contribution is 6.39. The van der Waals surface area contributed by atoms with Gasteiger partial charge in [-0.1, -0.05) is 30.3 Å². The van der Waals surface area contributed by atoms with E-state index in [1.54, 1.807) is 43.3 Å². The van der Waals surface area contributed by atoms with Crippen molar-refractivity contribution in [3.63, 3.8) is 0 Å². The van der Waals surface area contributed by atoms with E-state index in [1.807, 2.05) is 45.0 Å². The number of esters is 1. The zero-order valence-corrected chi connectivity index (χ0v) is 20.3. The highest BCUT2D eigenvalue weighted by Crippen LogP contribution is 2.29. The van der Waals surface area contributed by atoms with Gasteiger partial charge in [0.25, 0.3) is 0 Å². The maximum absolute atomic E-state index is 12.5. The second-order valence-corrected chi connectivity index (χ2v) is 7.98. The van der Waals surface area contributed by atoms with Gasteiger partial charge in [-0.25, -0.2) is 10.2 Å². The van der Waals surface area contributed by atoms with Crippen LogP contribution >= 0.6 is 0 Å². The normalized spacial score (nSPS) is 10.9. The molecule has 8 heteroatoms. The smallest absolute Gasteiger partial charge is 0.343 e. The minimum Gasteiger partial charge on any atom is -0.493 e. The predicted octanol–water partition coefficient (Wildman–Crippen LogP) is 4.32. The Morgan fingerprint density at radius 1 is 0.829 bits per heavy atom. The van der Waals surface area contributed by atoms with Crippen LogP contribution in [0.25, 0.3) is 0 Å². The molecule has 0 aliphatic rings. The van der Waals surface area contributed by atoms with Crippen LogP contribution in [0.3, 0.4) is 0 Å². The Balaban J connectivity index is 1.69. The van der Waals surface area contributed by atoms with Crippen molar-refractivity contribution in [2.75, 3.05) is 12.4 Å². The second-order valence-electron chi connectivity index (χ2n) is 7.98. The van der Waals surface area contributed by atoms with E-state index in [-0.39, 0.29) is 5.75 Å². The molecule has 0 unspecified atom stereocenters. The first-order valence-electron chi connectivity index (χ1n) is 10.9. The Hall–Kier alpha value is -4.46. The topological polar surface area (TPSA) is 106 Å². The highest BCUT2D eigenvalue weighted by Gasteiger charge is 2.17. The number of benzene rings is 3. The van der Waals surface area contributed by atoms with Crippen molar-refractivity contribution in [1.29, 1.82) is 0 Å². The third-order valence-electron chi connectivity index (χ3n) is 5.32. The number of hydrazone groups is 1. The van der Waals surface area contributed by atoms with Crippen LogP contribution in [0.1, 0.15) is 39.5 Å². The Labute approximate surface area is 204 Å². The molecule has 0 saturated carbocycles. The van der Waals surface area contributed by atoms with Gasteiger partial charge < -0.3 is 14.8 Å². The molecule has 0 saturated heterocycles. The summed E-state index contributed by atoms with van der Waals surface area (Å²) in [6.45, 7) is 7.22. The number of methoxy groups -OCH3 is 1. The van der Waals surface area contributed by atoms with E-state index in [4.69, 9.17) is 9.47 Å². The third-order valence-corrected chi connectivity index (χ3v) is 5.32. The summed E-state index contributed by atoms with van der Waals surface area (Å²) in [4.78, 5) is 37.0. The van der Waals surface area contributed by atoms with Gasteiger partial charge in [-0.2, -0.15) is 5.10 Å². The molecule has 3 rings (SSSR count). The lowest BCUT2D eigenvalue weighted by molar-refractivity contribution is -0.136. The summed E-state index contributed by atoms with van der Waals surface area (Å²) in [6, 6.07) is 17.6. The third kappa shape index (κ3) is 6.32. The molecule has 2 amide bonds. The molecule has 180 valence electrons. The first-order chi connectivity index (χ1) is 16.7. The lowest BCUT2D eigenvalue weighted by Gasteiger charge is -2.12. The Morgan fingerprint density at radius 3 is 2.29 bits per heavy atom. The average molecular weight is 474 g/mol. The molecule has 8 nitrogen and oxygen atoms in total. The number of anilines is 1. The summed E-state index contributed by atoms with van der Waals surface area (Å²) >= 11 is 0. The van der Waals surface area contributed by atoms with E-state index in [9.17, 15) is 14.4 Å². The number of aryl methyl sites for hydroxylation is 3. The summed E-state index contributed by atoms with van der Waals surface area (Å²) in [7, 11) is 1.45. The van der Waals surface area contributed by atoms with E-state index in [0.717, 1.165) is 16.7 Å². The number of rotatable bonds is 6. The molecule has 0 aliphatic carbocycles. The summed E-state index contributed by atoms with van der Waals surface area (Å²) in [5, 5.41) is 6.60. The zero-order valence-electron chi connectivity index (χ0n) is 20.3. The number of hydrogen-bond acceptors (Lipinski definition) is 6. The molecular weight excluding hydrogens is 446 g/mol. The monoisotopic (exact) mass is 473 g/mol. The fourth-order valence-electron chi connectivity index (χ4n) is 3.23. The van der Waals surface area contributed by atoms with Crippen molar-refractivity contribution in [2.24, 2.45) is 5.10 Å². The molecule has 2 N–H and O–H groups in total. The molecule has 0 bridgehead atoms. The van der Waals surface area contributed by atoms with Crippen molar-refractivity contribution in [2.45, 2.75) is 27.7 Å². The van der Waals surface area contributed by atoms with Crippen LogP contribution in [0.4, 0.5) is 5.69 Å². The zero-order chi connectivity index (χ0) is 25.5. The second kappa shape index (κ2) is 11.1. The van der Waals surface area contributed by atoms with E-state index in [1.165, 1.54) is 7.11 Å². The van der Waals surface area contributed by atoms with E-state index in [2.05, 4.69) is 15.8 Å².